The number of benzene rings is 1. The first kappa shape index (κ1) is 13.8. The molecule has 0 spiro atoms. The zero-order chi connectivity index (χ0) is 13.9. The van der Waals surface area contributed by atoms with Crippen LogP contribution >= 0.6 is 0 Å². The van der Waals surface area contributed by atoms with Crippen molar-refractivity contribution in [3.63, 3.8) is 0 Å². The van der Waals surface area contributed by atoms with Crippen molar-refractivity contribution in [3.8, 4) is 5.75 Å². The van der Waals surface area contributed by atoms with E-state index in [2.05, 4.69) is 0 Å². The lowest BCUT2D eigenvalue weighted by atomic mass is 9.81. The summed E-state index contributed by atoms with van der Waals surface area (Å²) in [6.07, 6.45) is 2.06. The van der Waals surface area contributed by atoms with Crippen LogP contribution in [0.15, 0.2) is 24.3 Å². The van der Waals surface area contributed by atoms with Crippen molar-refractivity contribution < 1.29 is 19.7 Å². The number of aliphatic hydroxyl groups is 1. The third kappa shape index (κ3) is 3.05. The topological polar surface area (TPSA) is 92.8 Å². The van der Waals surface area contributed by atoms with E-state index in [0.717, 1.165) is 12.8 Å². The molecule has 1 fully saturated rings. The van der Waals surface area contributed by atoms with Crippen LogP contribution in [0.3, 0.4) is 0 Å². The van der Waals surface area contributed by atoms with Crippen molar-refractivity contribution in [1.29, 1.82) is 0 Å². The van der Waals surface area contributed by atoms with Gasteiger partial charge in [0.15, 0.2) is 0 Å². The summed E-state index contributed by atoms with van der Waals surface area (Å²) in [5, 5.41) is 18.4. The first-order valence-corrected chi connectivity index (χ1v) is 6.43. The molecule has 0 heterocycles. The Morgan fingerprint density at radius 1 is 1.47 bits per heavy atom. The van der Waals surface area contributed by atoms with Gasteiger partial charge in [0.1, 0.15) is 17.4 Å². The summed E-state index contributed by atoms with van der Waals surface area (Å²) < 4.78 is 5.82. The molecule has 5 heteroatoms. The number of carbonyl (C=O) groups is 1. The molecule has 1 aromatic rings. The van der Waals surface area contributed by atoms with Gasteiger partial charge in [-0.3, -0.25) is 4.79 Å². The molecular formula is C14H19NO4. The smallest absolute Gasteiger partial charge is 0.323 e. The van der Waals surface area contributed by atoms with Crippen molar-refractivity contribution >= 4 is 5.97 Å². The monoisotopic (exact) mass is 265 g/mol. The number of rotatable bonds is 4. The lowest BCUT2D eigenvalue weighted by Gasteiger charge is -2.34. The number of aliphatic carboxylic acids is 1. The van der Waals surface area contributed by atoms with Crippen LogP contribution in [-0.4, -0.2) is 27.8 Å². The van der Waals surface area contributed by atoms with Gasteiger partial charge >= 0.3 is 5.97 Å². The van der Waals surface area contributed by atoms with Crippen molar-refractivity contribution in [2.75, 3.05) is 0 Å². The Morgan fingerprint density at radius 2 is 2.21 bits per heavy atom. The molecule has 2 atom stereocenters. The summed E-state index contributed by atoms with van der Waals surface area (Å²) in [5.41, 5.74) is 5.39. The second-order valence-corrected chi connectivity index (χ2v) is 5.06. The van der Waals surface area contributed by atoms with Gasteiger partial charge in [0, 0.05) is 12.0 Å². The Morgan fingerprint density at radius 3 is 2.89 bits per heavy atom. The summed E-state index contributed by atoms with van der Waals surface area (Å²) in [4.78, 5) is 11.2. The van der Waals surface area contributed by atoms with Crippen molar-refractivity contribution in [2.45, 2.75) is 43.9 Å². The highest BCUT2D eigenvalue weighted by Gasteiger charge is 2.40. The summed E-state index contributed by atoms with van der Waals surface area (Å²) in [6.45, 7) is -0.102. The molecule has 4 N–H and O–H groups in total. The first-order valence-electron chi connectivity index (χ1n) is 6.43. The molecule has 5 nitrogen and oxygen atoms in total. The molecule has 1 aliphatic rings. The molecule has 0 radical (unpaired) electrons. The third-order valence-electron chi connectivity index (χ3n) is 3.60. The number of carboxylic acid groups (broad SMARTS) is 1. The van der Waals surface area contributed by atoms with Gasteiger partial charge in [-0.1, -0.05) is 18.2 Å². The number of carboxylic acids is 1. The molecule has 0 aliphatic heterocycles. The number of ether oxygens (including phenoxy) is 1. The van der Waals surface area contributed by atoms with Crippen molar-refractivity contribution in [1.82, 2.24) is 0 Å². The van der Waals surface area contributed by atoms with E-state index in [-0.39, 0.29) is 12.7 Å². The van der Waals surface area contributed by atoms with E-state index in [1.807, 2.05) is 12.1 Å². The van der Waals surface area contributed by atoms with Gasteiger partial charge in [-0.2, -0.15) is 0 Å². The van der Waals surface area contributed by atoms with Crippen molar-refractivity contribution in [2.24, 2.45) is 5.73 Å². The maximum absolute atomic E-state index is 11.2. The number of hydrogen-bond donors (Lipinski definition) is 3. The zero-order valence-electron chi connectivity index (χ0n) is 10.7. The van der Waals surface area contributed by atoms with Crippen LogP contribution in [0, 0.1) is 0 Å². The van der Waals surface area contributed by atoms with Gasteiger partial charge in [0.2, 0.25) is 0 Å². The lowest BCUT2D eigenvalue weighted by Crippen LogP contribution is -2.53. The highest BCUT2D eigenvalue weighted by Crippen LogP contribution is 2.30. The molecule has 2 unspecified atom stereocenters. The van der Waals surface area contributed by atoms with Crippen LogP contribution in [-0.2, 0) is 11.4 Å². The average Bonchev–Trinajstić information content (AvgIpc) is 2.39. The van der Waals surface area contributed by atoms with Gasteiger partial charge in [-0.05, 0) is 25.3 Å². The van der Waals surface area contributed by atoms with E-state index in [9.17, 15) is 9.90 Å². The molecule has 0 aromatic heterocycles. The van der Waals surface area contributed by atoms with Gasteiger partial charge < -0.3 is 20.7 Å². The molecule has 0 amide bonds. The summed E-state index contributed by atoms with van der Waals surface area (Å²) in [5.74, 6) is -0.374. The fourth-order valence-electron chi connectivity index (χ4n) is 2.48. The standard InChI is InChI=1S/C14H19NO4/c15-14(13(17)18)7-3-5-11(8-14)19-12-6-2-1-4-10(12)9-16/h1-2,4,6,11,16H,3,5,7-9,15H2,(H,17,18). The van der Waals surface area contributed by atoms with E-state index in [1.54, 1.807) is 12.1 Å². The van der Waals surface area contributed by atoms with Crippen LogP contribution in [0.1, 0.15) is 31.2 Å². The number of hydrogen-bond acceptors (Lipinski definition) is 4. The van der Waals surface area contributed by atoms with Gasteiger partial charge in [0.25, 0.3) is 0 Å². The van der Waals surface area contributed by atoms with Gasteiger partial charge in [-0.15, -0.1) is 0 Å². The second kappa shape index (κ2) is 5.59. The normalized spacial score (nSPS) is 26.9. The van der Waals surface area contributed by atoms with Crippen LogP contribution in [0.2, 0.25) is 0 Å². The second-order valence-electron chi connectivity index (χ2n) is 5.06. The molecule has 1 aromatic carbocycles. The molecule has 19 heavy (non-hydrogen) atoms. The Labute approximate surface area is 112 Å². The maximum Gasteiger partial charge on any atom is 0.323 e. The van der Waals surface area contributed by atoms with E-state index >= 15 is 0 Å². The van der Waals surface area contributed by atoms with Gasteiger partial charge in [-0.25, -0.2) is 0 Å². The van der Waals surface area contributed by atoms with Crippen LogP contribution in [0.4, 0.5) is 0 Å². The Kier molecular flexibility index (Phi) is 4.07. The van der Waals surface area contributed by atoms with E-state index < -0.39 is 11.5 Å². The molecule has 1 saturated carbocycles. The first-order chi connectivity index (χ1) is 9.05. The predicted molar refractivity (Wildman–Crippen MR) is 69.8 cm³/mol. The third-order valence-corrected chi connectivity index (χ3v) is 3.60. The summed E-state index contributed by atoms with van der Waals surface area (Å²) >= 11 is 0. The molecule has 2 rings (SSSR count). The average molecular weight is 265 g/mol. The van der Waals surface area contributed by atoms with Crippen molar-refractivity contribution in [3.05, 3.63) is 29.8 Å². The van der Waals surface area contributed by atoms with E-state index in [0.29, 0.717) is 24.2 Å². The fraction of sp³-hybridized carbons (Fsp3) is 0.500. The predicted octanol–water partition coefficient (Wildman–Crippen LogP) is 1.28. The maximum atomic E-state index is 11.2. The minimum absolute atomic E-state index is 0.102. The quantitative estimate of drug-likeness (QED) is 0.762. The van der Waals surface area contributed by atoms with E-state index in [4.69, 9.17) is 15.6 Å². The zero-order valence-corrected chi connectivity index (χ0v) is 10.7. The SMILES string of the molecule is NC1(C(=O)O)CCCC(Oc2ccccc2CO)C1. The Hall–Kier alpha value is -1.59. The molecule has 1 aliphatic carbocycles. The molecule has 104 valence electrons. The number of nitrogens with two attached hydrogens (primary N) is 1. The molecule has 0 bridgehead atoms. The Balaban J connectivity index is 2.09. The minimum Gasteiger partial charge on any atom is -0.490 e. The van der Waals surface area contributed by atoms with Crippen LogP contribution in [0.5, 0.6) is 5.75 Å². The lowest BCUT2D eigenvalue weighted by molar-refractivity contribution is -0.145. The van der Waals surface area contributed by atoms with Gasteiger partial charge in [0.05, 0.1) is 6.61 Å². The minimum atomic E-state index is -1.20. The summed E-state index contributed by atoms with van der Waals surface area (Å²) in [6, 6.07) is 7.21. The largest absolute Gasteiger partial charge is 0.490 e. The van der Waals surface area contributed by atoms with E-state index in [1.165, 1.54) is 0 Å². The summed E-state index contributed by atoms with van der Waals surface area (Å²) in [7, 11) is 0. The molecule has 0 saturated heterocycles. The van der Waals surface area contributed by atoms with Crippen LogP contribution < -0.4 is 10.5 Å². The van der Waals surface area contributed by atoms with Crippen LogP contribution in [0.25, 0.3) is 0 Å². The molecular weight excluding hydrogens is 246 g/mol. The highest BCUT2D eigenvalue weighted by atomic mass is 16.5. The number of para-hydroxylation sites is 1. The fourth-order valence-corrected chi connectivity index (χ4v) is 2.48. The Bertz CT molecular complexity index is 463. The number of aliphatic hydroxyl groups excluding tert-OH is 1. The highest BCUT2D eigenvalue weighted by molar-refractivity contribution is 5.78.